The molecular formula is C16H20ClN3. The summed E-state index contributed by atoms with van der Waals surface area (Å²) in [6.45, 7) is 2.25. The molecule has 0 radical (unpaired) electrons. The molecule has 3 rings (SSSR count). The minimum Gasteiger partial charge on any atom is -0.295 e. The van der Waals surface area contributed by atoms with Crippen molar-refractivity contribution in [2.45, 2.75) is 45.1 Å². The Bertz CT molecular complexity index is 558. The van der Waals surface area contributed by atoms with Crippen LogP contribution in [0, 0.1) is 5.92 Å². The summed E-state index contributed by atoms with van der Waals surface area (Å²) < 4.78 is 2.10. The molecule has 1 heterocycles. The fourth-order valence-corrected chi connectivity index (χ4v) is 3.52. The maximum Gasteiger partial charge on any atom is 0.225 e. The molecule has 20 heavy (non-hydrogen) atoms. The van der Waals surface area contributed by atoms with Crippen LogP contribution in [0.25, 0.3) is 11.4 Å². The molecule has 1 aliphatic rings. The van der Waals surface area contributed by atoms with Gasteiger partial charge in [0.05, 0.1) is 0 Å². The van der Waals surface area contributed by atoms with Crippen LogP contribution in [0.2, 0.25) is 5.28 Å². The number of aromatic nitrogens is 3. The van der Waals surface area contributed by atoms with Crippen LogP contribution in [0.4, 0.5) is 0 Å². The van der Waals surface area contributed by atoms with Gasteiger partial charge in [0.15, 0.2) is 5.82 Å². The van der Waals surface area contributed by atoms with Gasteiger partial charge in [0.2, 0.25) is 5.28 Å². The Labute approximate surface area is 125 Å². The minimum atomic E-state index is 0.355. The lowest BCUT2D eigenvalue weighted by molar-refractivity contribution is 0.265. The van der Waals surface area contributed by atoms with Crippen LogP contribution < -0.4 is 0 Å². The third-order valence-corrected chi connectivity index (χ3v) is 4.68. The van der Waals surface area contributed by atoms with E-state index in [0.717, 1.165) is 11.4 Å². The quantitative estimate of drug-likeness (QED) is 0.817. The molecule has 1 aromatic heterocycles. The summed E-state index contributed by atoms with van der Waals surface area (Å²) in [5.41, 5.74) is 1.08. The van der Waals surface area contributed by atoms with Crippen molar-refractivity contribution in [3.8, 4) is 11.4 Å². The van der Waals surface area contributed by atoms with E-state index in [2.05, 4.69) is 33.8 Å². The monoisotopic (exact) mass is 289 g/mol. The zero-order valence-electron chi connectivity index (χ0n) is 11.8. The summed E-state index contributed by atoms with van der Waals surface area (Å²) in [5.74, 6) is 1.56. The van der Waals surface area contributed by atoms with E-state index >= 15 is 0 Å². The third kappa shape index (κ3) is 2.59. The van der Waals surface area contributed by atoms with Gasteiger partial charge in [-0.15, -0.1) is 10.2 Å². The number of benzene rings is 1. The molecule has 106 valence electrons. The number of nitrogens with zero attached hydrogens (tertiary/aromatic N) is 3. The van der Waals surface area contributed by atoms with Gasteiger partial charge >= 0.3 is 0 Å². The molecule has 1 saturated carbocycles. The summed E-state index contributed by atoms with van der Waals surface area (Å²) in [4.78, 5) is 0. The maximum atomic E-state index is 6.30. The summed E-state index contributed by atoms with van der Waals surface area (Å²) in [7, 11) is 0. The maximum absolute atomic E-state index is 6.30. The highest BCUT2D eigenvalue weighted by molar-refractivity contribution is 6.28. The predicted octanol–water partition coefficient (Wildman–Crippen LogP) is 4.74. The molecule has 0 spiro atoms. The fourth-order valence-electron chi connectivity index (χ4n) is 3.24. The SMILES string of the molecule is CC(C1CCCCC1)n1c(Cl)nnc1-c1ccccc1. The molecule has 4 heteroatoms. The Morgan fingerprint density at radius 2 is 1.80 bits per heavy atom. The van der Waals surface area contributed by atoms with Crippen molar-refractivity contribution in [3.63, 3.8) is 0 Å². The zero-order valence-corrected chi connectivity index (χ0v) is 12.6. The molecular weight excluding hydrogens is 270 g/mol. The van der Waals surface area contributed by atoms with Crippen LogP contribution in [0.15, 0.2) is 30.3 Å². The van der Waals surface area contributed by atoms with Gasteiger partial charge in [0.1, 0.15) is 0 Å². The highest BCUT2D eigenvalue weighted by Gasteiger charge is 2.25. The first-order valence-electron chi connectivity index (χ1n) is 7.43. The van der Waals surface area contributed by atoms with E-state index in [1.54, 1.807) is 0 Å². The van der Waals surface area contributed by atoms with Crippen LogP contribution in [-0.4, -0.2) is 14.8 Å². The highest BCUT2D eigenvalue weighted by atomic mass is 35.5. The largest absolute Gasteiger partial charge is 0.295 e. The van der Waals surface area contributed by atoms with Crippen LogP contribution >= 0.6 is 11.6 Å². The smallest absolute Gasteiger partial charge is 0.225 e. The second-order valence-corrected chi connectivity index (χ2v) is 6.01. The van der Waals surface area contributed by atoms with E-state index in [1.165, 1.54) is 32.1 Å². The molecule has 1 atom stereocenters. The van der Waals surface area contributed by atoms with Gasteiger partial charge < -0.3 is 0 Å². The van der Waals surface area contributed by atoms with E-state index < -0.39 is 0 Å². The molecule has 0 saturated heterocycles. The predicted molar refractivity (Wildman–Crippen MR) is 81.8 cm³/mol. The van der Waals surface area contributed by atoms with Crippen LogP contribution in [0.3, 0.4) is 0 Å². The second kappa shape index (κ2) is 5.96. The average molecular weight is 290 g/mol. The molecule has 1 fully saturated rings. The van der Waals surface area contributed by atoms with Crippen molar-refractivity contribution in [3.05, 3.63) is 35.6 Å². The lowest BCUT2D eigenvalue weighted by Crippen LogP contribution is -2.20. The van der Waals surface area contributed by atoms with Gasteiger partial charge in [-0.25, -0.2) is 0 Å². The lowest BCUT2D eigenvalue weighted by Gasteiger charge is -2.29. The molecule has 0 amide bonds. The first-order chi connectivity index (χ1) is 9.77. The van der Waals surface area contributed by atoms with Gasteiger partial charge in [-0.2, -0.15) is 0 Å². The Morgan fingerprint density at radius 1 is 1.10 bits per heavy atom. The summed E-state index contributed by atoms with van der Waals surface area (Å²) in [6.07, 6.45) is 6.59. The normalized spacial score (nSPS) is 18.1. The number of halogens is 1. The van der Waals surface area contributed by atoms with E-state index in [0.29, 0.717) is 17.2 Å². The zero-order chi connectivity index (χ0) is 13.9. The summed E-state index contributed by atoms with van der Waals surface area (Å²) in [6, 6.07) is 10.5. The number of rotatable bonds is 3. The average Bonchev–Trinajstić information content (AvgIpc) is 2.90. The van der Waals surface area contributed by atoms with E-state index in [1.807, 2.05) is 18.2 Å². The van der Waals surface area contributed by atoms with Crippen LogP contribution in [-0.2, 0) is 0 Å². The number of hydrogen-bond donors (Lipinski definition) is 0. The molecule has 1 aliphatic carbocycles. The summed E-state index contributed by atoms with van der Waals surface area (Å²) >= 11 is 6.30. The van der Waals surface area contributed by atoms with Crippen LogP contribution in [0.5, 0.6) is 0 Å². The number of hydrogen-bond acceptors (Lipinski definition) is 2. The van der Waals surface area contributed by atoms with Crippen molar-refractivity contribution in [1.82, 2.24) is 14.8 Å². The molecule has 1 aromatic carbocycles. The molecule has 1 unspecified atom stereocenters. The lowest BCUT2D eigenvalue weighted by atomic mass is 9.84. The van der Waals surface area contributed by atoms with E-state index in [-0.39, 0.29) is 0 Å². The minimum absolute atomic E-state index is 0.355. The van der Waals surface area contributed by atoms with Crippen molar-refractivity contribution < 1.29 is 0 Å². The fraction of sp³-hybridized carbons (Fsp3) is 0.500. The third-order valence-electron chi connectivity index (χ3n) is 4.43. The Kier molecular flexibility index (Phi) is 4.06. The molecule has 3 nitrogen and oxygen atoms in total. The second-order valence-electron chi connectivity index (χ2n) is 5.67. The first kappa shape index (κ1) is 13.6. The summed E-state index contributed by atoms with van der Waals surface area (Å²) in [5, 5.41) is 8.87. The van der Waals surface area contributed by atoms with E-state index in [9.17, 15) is 0 Å². The first-order valence-corrected chi connectivity index (χ1v) is 7.81. The van der Waals surface area contributed by atoms with Gasteiger partial charge in [0.25, 0.3) is 0 Å². The Balaban J connectivity index is 1.94. The molecule has 2 aromatic rings. The molecule has 0 aliphatic heterocycles. The van der Waals surface area contributed by atoms with Crippen LogP contribution in [0.1, 0.15) is 45.1 Å². The van der Waals surface area contributed by atoms with Crippen molar-refractivity contribution in [2.75, 3.05) is 0 Å². The van der Waals surface area contributed by atoms with Gasteiger partial charge in [-0.1, -0.05) is 49.6 Å². The topological polar surface area (TPSA) is 30.7 Å². The van der Waals surface area contributed by atoms with Crippen molar-refractivity contribution >= 4 is 11.6 Å². The molecule has 0 bridgehead atoms. The van der Waals surface area contributed by atoms with Crippen molar-refractivity contribution in [2.24, 2.45) is 5.92 Å². The van der Waals surface area contributed by atoms with Gasteiger partial charge in [-0.3, -0.25) is 4.57 Å². The van der Waals surface area contributed by atoms with E-state index in [4.69, 9.17) is 11.6 Å². The highest BCUT2D eigenvalue weighted by Crippen LogP contribution is 2.36. The van der Waals surface area contributed by atoms with Gasteiger partial charge in [0, 0.05) is 11.6 Å². The van der Waals surface area contributed by atoms with Gasteiger partial charge in [-0.05, 0) is 37.3 Å². The Morgan fingerprint density at radius 3 is 2.50 bits per heavy atom. The standard InChI is InChI=1S/C16H20ClN3/c1-12(13-8-4-2-5-9-13)20-15(18-19-16(20)17)14-10-6-3-7-11-14/h3,6-7,10-13H,2,4-5,8-9H2,1H3. The Hall–Kier alpha value is -1.35. The molecule has 0 N–H and O–H groups in total. The van der Waals surface area contributed by atoms with Crippen molar-refractivity contribution in [1.29, 1.82) is 0 Å².